The van der Waals surface area contributed by atoms with Crippen molar-refractivity contribution in [3.8, 4) is 5.75 Å². The number of aryl methyl sites for hydroxylation is 2. The van der Waals surface area contributed by atoms with Gasteiger partial charge in [0.25, 0.3) is 0 Å². The van der Waals surface area contributed by atoms with Gasteiger partial charge in [-0.05, 0) is 54.8 Å². The van der Waals surface area contributed by atoms with Crippen molar-refractivity contribution in [1.82, 2.24) is 0 Å². The molecule has 0 saturated heterocycles. The van der Waals surface area contributed by atoms with E-state index in [2.05, 4.69) is 37.4 Å². The van der Waals surface area contributed by atoms with Gasteiger partial charge in [0.2, 0.25) is 0 Å². The molecule has 3 nitrogen and oxygen atoms in total. The summed E-state index contributed by atoms with van der Waals surface area (Å²) < 4.78 is 0. The van der Waals surface area contributed by atoms with Crippen molar-refractivity contribution >= 4 is 12.0 Å². The van der Waals surface area contributed by atoms with E-state index in [0.29, 0.717) is 6.42 Å². The maximum atomic E-state index is 10.00. The monoisotopic (exact) mass is 271 g/mol. The van der Waals surface area contributed by atoms with Crippen LogP contribution in [0.2, 0.25) is 0 Å². The summed E-state index contributed by atoms with van der Waals surface area (Å²) in [6.07, 6.45) is 1.26. The molecule has 0 bridgehead atoms. The van der Waals surface area contributed by atoms with Crippen LogP contribution in [0.15, 0.2) is 42.5 Å². The van der Waals surface area contributed by atoms with Crippen LogP contribution in [0, 0.1) is 13.8 Å². The molecular formula is C17H21NO2. The van der Waals surface area contributed by atoms with Gasteiger partial charge < -0.3 is 15.2 Å². The van der Waals surface area contributed by atoms with Crippen LogP contribution in [0.25, 0.3) is 0 Å². The number of hydrogen-bond donors (Lipinski definition) is 2. The fourth-order valence-electron chi connectivity index (χ4n) is 1.85. The smallest absolute Gasteiger partial charge is 0.124 e. The molecule has 20 heavy (non-hydrogen) atoms. The molecule has 0 aliphatic carbocycles. The van der Waals surface area contributed by atoms with Gasteiger partial charge in [0.05, 0.1) is 0 Å². The molecule has 0 fully saturated rings. The van der Waals surface area contributed by atoms with Gasteiger partial charge in [-0.3, -0.25) is 0 Å². The highest BCUT2D eigenvalue weighted by molar-refractivity contribution is 5.55. The number of nitrogens with one attached hydrogen (secondary N) is 1. The minimum atomic E-state index is 0.231. The Hall–Kier alpha value is -2.29. The average Bonchev–Trinajstić information content (AvgIpc) is 2.41. The topological polar surface area (TPSA) is 49.3 Å². The van der Waals surface area contributed by atoms with Crippen molar-refractivity contribution < 1.29 is 9.90 Å². The first-order valence-electron chi connectivity index (χ1n) is 6.52. The van der Waals surface area contributed by atoms with Crippen molar-refractivity contribution in [2.75, 3.05) is 12.4 Å². The molecular weight excluding hydrogens is 250 g/mol. The van der Waals surface area contributed by atoms with Crippen molar-refractivity contribution in [2.24, 2.45) is 0 Å². The van der Waals surface area contributed by atoms with Gasteiger partial charge in [-0.25, -0.2) is 0 Å². The van der Waals surface area contributed by atoms with E-state index >= 15 is 0 Å². The third kappa shape index (κ3) is 5.57. The largest absolute Gasteiger partial charge is 0.508 e. The fourth-order valence-corrected chi connectivity index (χ4v) is 1.85. The highest BCUT2D eigenvalue weighted by Crippen LogP contribution is 2.12. The van der Waals surface area contributed by atoms with Gasteiger partial charge in [-0.1, -0.05) is 18.2 Å². The number of carbonyl (C=O) groups is 1. The van der Waals surface area contributed by atoms with Crippen LogP contribution < -0.4 is 5.32 Å². The minimum absolute atomic E-state index is 0.231. The standard InChI is InChI=1S/C9H13N.C8H8O2/c1-7-4-8(2)6-9(5-7)10-3;9-6-5-7-1-3-8(10)4-2-7/h4-6,10H,1-3H3;1-4,6,10H,5H2. The van der Waals surface area contributed by atoms with E-state index < -0.39 is 0 Å². The van der Waals surface area contributed by atoms with E-state index in [0.717, 1.165) is 11.8 Å². The molecule has 2 N–H and O–H groups in total. The number of phenolic OH excluding ortho intramolecular Hbond substituents is 1. The molecule has 0 aromatic heterocycles. The number of benzene rings is 2. The number of aromatic hydroxyl groups is 1. The summed E-state index contributed by atoms with van der Waals surface area (Å²) in [5.41, 5.74) is 4.74. The number of hydrogen-bond acceptors (Lipinski definition) is 3. The average molecular weight is 271 g/mol. The third-order valence-corrected chi connectivity index (χ3v) is 2.77. The first-order chi connectivity index (χ1) is 9.55. The molecule has 0 radical (unpaired) electrons. The summed E-state index contributed by atoms with van der Waals surface area (Å²) in [6, 6.07) is 13.0. The van der Waals surface area contributed by atoms with Crippen LogP contribution in [0.5, 0.6) is 5.75 Å². The Morgan fingerprint density at radius 3 is 2.05 bits per heavy atom. The van der Waals surface area contributed by atoms with Crippen molar-refractivity contribution in [2.45, 2.75) is 20.3 Å². The Morgan fingerprint density at radius 2 is 1.60 bits per heavy atom. The zero-order valence-electron chi connectivity index (χ0n) is 12.2. The van der Waals surface area contributed by atoms with Crippen LogP contribution >= 0.6 is 0 Å². The quantitative estimate of drug-likeness (QED) is 0.840. The molecule has 3 heteroatoms. The van der Waals surface area contributed by atoms with E-state index in [4.69, 9.17) is 5.11 Å². The van der Waals surface area contributed by atoms with Crippen molar-refractivity contribution in [3.05, 3.63) is 59.2 Å². The number of carbonyl (C=O) groups excluding carboxylic acids is 1. The van der Waals surface area contributed by atoms with E-state index in [1.165, 1.54) is 16.8 Å². The van der Waals surface area contributed by atoms with Crippen LogP contribution in [-0.2, 0) is 11.2 Å². The summed E-state index contributed by atoms with van der Waals surface area (Å²) in [6.45, 7) is 4.21. The lowest BCUT2D eigenvalue weighted by molar-refractivity contribution is -0.107. The van der Waals surface area contributed by atoms with Crippen LogP contribution in [0.4, 0.5) is 5.69 Å². The second-order valence-corrected chi connectivity index (χ2v) is 4.66. The molecule has 0 aliphatic rings. The molecule has 0 spiro atoms. The molecule has 106 valence electrons. The highest BCUT2D eigenvalue weighted by Gasteiger charge is 1.91. The number of aldehydes is 1. The maximum Gasteiger partial charge on any atom is 0.124 e. The summed E-state index contributed by atoms with van der Waals surface area (Å²) in [5, 5.41) is 11.9. The number of phenols is 1. The molecule has 0 heterocycles. The molecule has 0 aliphatic heterocycles. The highest BCUT2D eigenvalue weighted by atomic mass is 16.3. The lowest BCUT2D eigenvalue weighted by atomic mass is 10.1. The van der Waals surface area contributed by atoms with E-state index in [9.17, 15) is 4.79 Å². The number of rotatable bonds is 3. The Kier molecular flexibility index (Phi) is 6.30. The molecule has 2 aromatic carbocycles. The van der Waals surface area contributed by atoms with Crippen LogP contribution in [-0.4, -0.2) is 18.4 Å². The van der Waals surface area contributed by atoms with E-state index in [1.807, 2.05) is 7.05 Å². The fraction of sp³-hybridized carbons (Fsp3) is 0.235. The Labute approximate surface area is 120 Å². The second kappa shape index (κ2) is 8.00. The lowest BCUT2D eigenvalue weighted by Crippen LogP contribution is -1.88. The predicted molar refractivity (Wildman–Crippen MR) is 83.3 cm³/mol. The van der Waals surface area contributed by atoms with Gasteiger partial charge in [-0.15, -0.1) is 0 Å². The van der Waals surface area contributed by atoms with Gasteiger partial charge in [0.15, 0.2) is 0 Å². The van der Waals surface area contributed by atoms with Crippen molar-refractivity contribution in [3.63, 3.8) is 0 Å². The summed E-state index contributed by atoms with van der Waals surface area (Å²) >= 11 is 0. The molecule has 2 aromatic rings. The normalized spacial score (nSPS) is 9.35. The SMILES string of the molecule is CNc1cc(C)cc(C)c1.O=CCc1ccc(O)cc1. The molecule has 0 amide bonds. The first-order valence-corrected chi connectivity index (χ1v) is 6.52. The molecule has 0 atom stereocenters. The zero-order chi connectivity index (χ0) is 15.0. The summed E-state index contributed by atoms with van der Waals surface area (Å²) in [7, 11) is 1.94. The zero-order valence-corrected chi connectivity index (χ0v) is 12.2. The Balaban J connectivity index is 0.000000200. The van der Waals surface area contributed by atoms with Crippen LogP contribution in [0.3, 0.4) is 0 Å². The van der Waals surface area contributed by atoms with Crippen molar-refractivity contribution in [1.29, 1.82) is 0 Å². The van der Waals surface area contributed by atoms with E-state index in [1.54, 1.807) is 24.3 Å². The van der Waals surface area contributed by atoms with Gasteiger partial charge >= 0.3 is 0 Å². The van der Waals surface area contributed by atoms with Crippen LogP contribution in [0.1, 0.15) is 16.7 Å². The second-order valence-electron chi connectivity index (χ2n) is 4.66. The van der Waals surface area contributed by atoms with Gasteiger partial charge in [0, 0.05) is 19.2 Å². The molecule has 0 unspecified atom stereocenters. The summed E-state index contributed by atoms with van der Waals surface area (Å²) in [4.78, 5) is 10.00. The molecule has 2 rings (SSSR count). The third-order valence-electron chi connectivity index (χ3n) is 2.77. The Bertz CT molecular complexity index is 527. The minimum Gasteiger partial charge on any atom is -0.508 e. The van der Waals surface area contributed by atoms with Gasteiger partial charge in [0.1, 0.15) is 12.0 Å². The Morgan fingerprint density at radius 1 is 1.05 bits per heavy atom. The summed E-state index contributed by atoms with van der Waals surface area (Å²) in [5.74, 6) is 0.231. The molecule has 0 saturated carbocycles. The first kappa shape index (κ1) is 15.8. The number of anilines is 1. The predicted octanol–water partition coefficient (Wildman–Crippen LogP) is 3.48. The van der Waals surface area contributed by atoms with E-state index in [-0.39, 0.29) is 5.75 Å². The lowest BCUT2D eigenvalue weighted by Gasteiger charge is -2.02. The van der Waals surface area contributed by atoms with Gasteiger partial charge in [-0.2, -0.15) is 0 Å². The maximum absolute atomic E-state index is 10.00.